The maximum atomic E-state index is 3.50. The van der Waals surface area contributed by atoms with Gasteiger partial charge in [0.25, 0.3) is 0 Å². The van der Waals surface area contributed by atoms with Crippen molar-refractivity contribution in [3.63, 3.8) is 0 Å². The smallest absolute Gasteiger partial charge is 0.0473 e. The van der Waals surface area contributed by atoms with E-state index in [1.54, 1.807) is 0 Å². The molecule has 1 aromatic carbocycles. The van der Waals surface area contributed by atoms with Gasteiger partial charge >= 0.3 is 0 Å². The molecule has 1 heterocycles. The van der Waals surface area contributed by atoms with Crippen molar-refractivity contribution < 1.29 is 0 Å². The zero-order valence-electron chi connectivity index (χ0n) is 9.92. The van der Waals surface area contributed by atoms with Crippen molar-refractivity contribution in [2.24, 2.45) is 0 Å². The van der Waals surface area contributed by atoms with Gasteiger partial charge in [-0.1, -0.05) is 28.1 Å². The number of aryl methyl sites for hydroxylation is 1. The summed E-state index contributed by atoms with van der Waals surface area (Å²) in [6, 6.07) is 8.47. The molecule has 0 saturated carbocycles. The van der Waals surface area contributed by atoms with Crippen LogP contribution in [0.2, 0.25) is 0 Å². The minimum absolute atomic E-state index is 0.944. The summed E-state index contributed by atoms with van der Waals surface area (Å²) in [6.45, 7) is 7.47. The summed E-state index contributed by atoms with van der Waals surface area (Å²) in [6.07, 6.45) is 2.23. The molecule has 0 unspecified atom stereocenters. The van der Waals surface area contributed by atoms with E-state index in [4.69, 9.17) is 0 Å². The van der Waals surface area contributed by atoms with Gasteiger partial charge in [0.2, 0.25) is 0 Å². The third-order valence-corrected chi connectivity index (χ3v) is 3.65. The zero-order chi connectivity index (χ0) is 11.7. The van der Waals surface area contributed by atoms with Gasteiger partial charge in [-0.2, -0.15) is 0 Å². The Labute approximate surface area is 105 Å². The number of benzene rings is 1. The largest absolute Gasteiger partial charge is 0.347 e. The van der Waals surface area contributed by atoms with E-state index in [1.165, 1.54) is 22.4 Å². The number of halogens is 1. The molecule has 0 amide bonds. The summed E-state index contributed by atoms with van der Waals surface area (Å²) in [4.78, 5) is 0. The molecule has 0 bridgehead atoms. The summed E-state index contributed by atoms with van der Waals surface area (Å²) in [7, 11) is 0. The van der Waals surface area contributed by atoms with Crippen molar-refractivity contribution in [3.8, 4) is 0 Å². The number of aromatic nitrogens is 1. The van der Waals surface area contributed by atoms with Gasteiger partial charge in [0.1, 0.15) is 0 Å². The molecular weight excluding hydrogens is 262 g/mol. The molecule has 1 nitrogen and oxygen atoms in total. The topological polar surface area (TPSA) is 4.93 Å². The lowest BCUT2D eigenvalue weighted by Gasteiger charge is -2.07. The first-order valence-electron chi connectivity index (χ1n) is 5.45. The Morgan fingerprint density at radius 1 is 1.19 bits per heavy atom. The van der Waals surface area contributed by atoms with E-state index >= 15 is 0 Å². The van der Waals surface area contributed by atoms with Gasteiger partial charge in [-0.25, -0.2) is 0 Å². The van der Waals surface area contributed by atoms with Crippen LogP contribution < -0.4 is 0 Å². The Morgan fingerprint density at radius 3 is 2.50 bits per heavy atom. The van der Waals surface area contributed by atoms with Gasteiger partial charge in [0, 0.05) is 22.9 Å². The highest BCUT2D eigenvalue weighted by Crippen LogP contribution is 2.18. The van der Waals surface area contributed by atoms with E-state index in [9.17, 15) is 0 Å². The Hall–Kier alpha value is -1.02. The van der Waals surface area contributed by atoms with Gasteiger partial charge in [-0.3, -0.25) is 0 Å². The Balaban J connectivity index is 2.30. The Kier molecular flexibility index (Phi) is 3.20. The standard InChI is InChI=1S/C14H16BrN/c1-10-8-16(12(3)11(10)2)9-13-5-4-6-14(15)7-13/h4-8H,9H2,1-3H3. The van der Waals surface area contributed by atoms with Crippen LogP contribution in [0.4, 0.5) is 0 Å². The van der Waals surface area contributed by atoms with Crippen LogP contribution in [0.25, 0.3) is 0 Å². The first-order chi connectivity index (χ1) is 7.58. The second-order valence-corrected chi connectivity index (χ2v) is 5.20. The molecule has 0 spiro atoms. The highest BCUT2D eigenvalue weighted by Gasteiger charge is 2.05. The van der Waals surface area contributed by atoms with Crippen molar-refractivity contribution in [2.75, 3.05) is 0 Å². The number of nitrogens with zero attached hydrogens (tertiary/aromatic N) is 1. The SMILES string of the molecule is Cc1cn(Cc2cccc(Br)c2)c(C)c1C. The van der Waals surface area contributed by atoms with Crippen molar-refractivity contribution in [2.45, 2.75) is 27.3 Å². The maximum Gasteiger partial charge on any atom is 0.0473 e. The molecule has 0 aliphatic carbocycles. The molecule has 0 aliphatic rings. The molecule has 0 atom stereocenters. The normalized spacial score (nSPS) is 10.8. The summed E-state index contributed by atoms with van der Waals surface area (Å²) in [5.74, 6) is 0. The predicted octanol–water partition coefficient (Wildman–Crippen LogP) is 4.22. The van der Waals surface area contributed by atoms with Crippen LogP contribution >= 0.6 is 15.9 Å². The minimum atomic E-state index is 0.944. The highest BCUT2D eigenvalue weighted by atomic mass is 79.9. The molecule has 0 fully saturated rings. The monoisotopic (exact) mass is 277 g/mol. The third kappa shape index (κ3) is 2.22. The van der Waals surface area contributed by atoms with Crippen LogP contribution in [-0.2, 0) is 6.54 Å². The molecule has 0 saturated heterocycles. The lowest BCUT2D eigenvalue weighted by atomic mass is 10.2. The molecule has 2 rings (SSSR count). The van der Waals surface area contributed by atoms with Gasteiger partial charge in [-0.15, -0.1) is 0 Å². The van der Waals surface area contributed by atoms with Gasteiger partial charge in [-0.05, 0) is 49.6 Å². The quantitative estimate of drug-likeness (QED) is 0.775. The van der Waals surface area contributed by atoms with Crippen molar-refractivity contribution in [3.05, 3.63) is 57.3 Å². The highest BCUT2D eigenvalue weighted by molar-refractivity contribution is 9.10. The fourth-order valence-corrected chi connectivity index (χ4v) is 2.37. The number of hydrogen-bond acceptors (Lipinski definition) is 0. The fourth-order valence-electron chi connectivity index (χ4n) is 1.92. The van der Waals surface area contributed by atoms with E-state index in [2.05, 4.69) is 71.7 Å². The van der Waals surface area contributed by atoms with Gasteiger partial charge in [0.15, 0.2) is 0 Å². The van der Waals surface area contributed by atoms with E-state index in [0.29, 0.717) is 0 Å². The van der Waals surface area contributed by atoms with E-state index in [1.807, 2.05) is 0 Å². The molecule has 1 aromatic heterocycles. The molecular formula is C14H16BrN. The molecule has 0 N–H and O–H groups in total. The molecule has 0 aliphatic heterocycles. The first-order valence-corrected chi connectivity index (χ1v) is 6.24. The minimum Gasteiger partial charge on any atom is -0.347 e. The lowest BCUT2D eigenvalue weighted by molar-refractivity contribution is 0.772. The number of hydrogen-bond donors (Lipinski definition) is 0. The molecule has 16 heavy (non-hydrogen) atoms. The summed E-state index contributed by atoms with van der Waals surface area (Å²) in [5.41, 5.74) is 5.45. The molecule has 2 heteroatoms. The van der Waals surface area contributed by atoms with Gasteiger partial charge in [0.05, 0.1) is 0 Å². The van der Waals surface area contributed by atoms with E-state index in [0.717, 1.165) is 11.0 Å². The molecule has 0 radical (unpaired) electrons. The third-order valence-electron chi connectivity index (χ3n) is 3.16. The van der Waals surface area contributed by atoms with Crippen LogP contribution in [-0.4, -0.2) is 4.57 Å². The van der Waals surface area contributed by atoms with Crippen LogP contribution in [0.3, 0.4) is 0 Å². The molecule has 84 valence electrons. The van der Waals surface area contributed by atoms with Crippen LogP contribution in [0.15, 0.2) is 34.9 Å². The lowest BCUT2D eigenvalue weighted by Crippen LogP contribution is -2.00. The summed E-state index contributed by atoms with van der Waals surface area (Å²) in [5, 5.41) is 0. The maximum absolute atomic E-state index is 3.50. The van der Waals surface area contributed by atoms with E-state index in [-0.39, 0.29) is 0 Å². The zero-order valence-corrected chi connectivity index (χ0v) is 11.5. The Bertz CT molecular complexity index is 511. The second-order valence-electron chi connectivity index (χ2n) is 4.28. The van der Waals surface area contributed by atoms with Crippen molar-refractivity contribution in [1.82, 2.24) is 4.57 Å². The van der Waals surface area contributed by atoms with Crippen LogP contribution in [0.5, 0.6) is 0 Å². The van der Waals surface area contributed by atoms with E-state index < -0.39 is 0 Å². The van der Waals surface area contributed by atoms with Crippen LogP contribution in [0.1, 0.15) is 22.4 Å². The average molecular weight is 278 g/mol. The predicted molar refractivity (Wildman–Crippen MR) is 71.9 cm³/mol. The summed E-state index contributed by atoms with van der Waals surface area (Å²) >= 11 is 3.50. The summed E-state index contributed by atoms with van der Waals surface area (Å²) < 4.78 is 3.45. The average Bonchev–Trinajstić information content (AvgIpc) is 2.47. The first kappa shape index (κ1) is 11.5. The van der Waals surface area contributed by atoms with Crippen molar-refractivity contribution in [1.29, 1.82) is 0 Å². The molecule has 2 aromatic rings. The number of rotatable bonds is 2. The second kappa shape index (κ2) is 4.46. The van der Waals surface area contributed by atoms with Gasteiger partial charge < -0.3 is 4.57 Å². The van der Waals surface area contributed by atoms with Crippen LogP contribution in [0, 0.1) is 20.8 Å². The fraction of sp³-hybridized carbons (Fsp3) is 0.286. The Morgan fingerprint density at radius 2 is 1.94 bits per heavy atom. The van der Waals surface area contributed by atoms with Crippen molar-refractivity contribution >= 4 is 15.9 Å².